The van der Waals surface area contributed by atoms with E-state index in [2.05, 4.69) is 34.1 Å². The molecule has 0 aliphatic rings. The van der Waals surface area contributed by atoms with Crippen LogP contribution in [-0.4, -0.2) is 34.7 Å². The van der Waals surface area contributed by atoms with Gasteiger partial charge in [-0.3, -0.25) is 4.90 Å². The van der Waals surface area contributed by atoms with E-state index in [-0.39, 0.29) is 6.61 Å². The number of nitrogens with zero attached hydrogens (tertiary/aromatic N) is 2. The smallest absolute Gasteiger partial charge is 0.227 e. The summed E-state index contributed by atoms with van der Waals surface area (Å²) in [6.07, 6.45) is 0.953. The monoisotopic (exact) mass is 342 g/mol. The van der Waals surface area contributed by atoms with E-state index >= 15 is 0 Å². The van der Waals surface area contributed by atoms with Crippen LogP contribution in [0.3, 0.4) is 0 Å². The molecule has 0 saturated heterocycles. The second-order valence-electron chi connectivity index (χ2n) is 5.77. The van der Waals surface area contributed by atoms with E-state index in [1.165, 1.54) is 5.56 Å². The lowest BCUT2D eigenvalue weighted by Crippen LogP contribution is -2.29. The molecule has 2 aromatic heterocycles. The highest BCUT2D eigenvalue weighted by atomic mass is 32.1. The van der Waals surface area contributed by atoms with Gasteiger partial charge in [0.25, 0.3) is 0 Å². The molecule has 4 nitrogen and oxygen atoms in total. The molecule has 0 atom stereocenters. The summed E-state index contributed by atoms with van der Waals surface area (Å²) in [5.74, 6) is 1.52. The fourth-order valence-electron chi connectivity index (χ4n) is 2.64. The molecule has 5 heteroatoms. The molecule has 3 aromatic rings. The van der Waals surface area contributed by atoms with Gasteiger partial charge in [-0.2, -0.15) is 11.3 Å². The van der Waals surface area contributed by atoms with Crippen molar-refractivity contribution >= 4 is 11.3 Å². The van der Waals surface area contributed by atoms with E-state index in [1.54, 1.807) is 11.3 Å². The summed E-state index contributed by atoms with van der Waals surface area (Å²) < 4.78 is 5.81. The van der Waals surface area contributed by atoms with Gasteiger partial charge in [0, 0.05) is 30.6 Å². The molecule has 0 saturated carbocycles. The third-order valence-electron chi connectivity index (χ3n) is 4.01. The normalized spacial score (nSPS) is 11.3. The molecule has 0 bridgehead atoms. The molecule has 24 heavy (non-hydrogen) atoms. The van der Waals surface area contributed by atoms with Crippen molar-refractivity contribution in [1.29, 1.82) is 0 Å². The van der Waals surface area contributed by atoms with E-state index in [4.69, 9.17) is 4.42 Å². The summed E-state index contributed by atoms with van der Waals surface area (Å²) in [7, 11) is 0. The highest BCUT2D eigenvalue weighted by molar-refractivity contribution is 7.08. The van der Waals surface area contributed by atoms with Crippen molar-refractivity contribution in [2.75, 3.05) is 19.7 Å². The Hall–Kier alpha value is -1.95. The molecular formula is C19H22N2O2S. The van der Waals surface area contributed by atoms with E-state index in [9.17, 15) is 5.11 Å². The van der Waals surface area contributed by atoms with Gasteiger partial charge in [-0.1, -0.05) is 30.3 Å². The minimum absolute atomic E-state index is 0.142. The topological polar surface area (TPSA) is 49.5 Å². The van der Waals surface area contributed by atoms with Crippen LogP contribution in [0, 0.1) is 6.92 Å². The zero-order chi connectivity index (χ0) is 16.8. The van der Waals surface area contributed by atoms with Crippen LogP contribution in [0.25, 0.3) is 11.5 Å². The van der Waals surface area contributed by atoms with Gasteiger partial charge < -0.3 is 9.52 Å². The average Bonchev–Trinajstić information content (AvgIpc) is 3.24. The maximum atomic E-state index is 9.35. The molecule has 2 heterocycles. The van der Waals surface area contributed by atoms with Crippen LogP contribution < -0.4 is 0 Å². The molecule has 3 rings (SSSR count). The first-order chi connectivity index (χ1) is 11.8. The first-order valence-electron chi connectivity index (χ1n) is 8.12. The second-order valence-corrected chi connectivity index (χ2v) is 6.55. The van der Waals surface area contributed by atoms with Crippen molar-refractivity contribution in [3.63, 3.8) is 0 Å². The minimum Gasteiger partial charge on any atom is -0.441 e. The Morgan fingerprint density at radius 2 is 2.00 bits per heavy atom. The van der Waals surface area contributed by atoms with Gasteiger partial charge in [0.1, 0.15) is 5.76 Å². The van der Waals surface area contributed by atoms with Crippen LogP contribution in [0.2, 0.25) is 0 Å². The number of aryl methyl sites for hydroxylation is 1. The van der Waals surface area contributed by atoms with Crippen molar-refractivity contribution < 1.29 is 9.52 Å². The zero-order valence-electron chi connectivity index (χ0n) is 13.8. The number of rotatable bonds is 8. The van der Waals surface area contributed by atoms with Gasteiger partial charge in [-0.25, -0.2) is 4.98 Å². The lowest BCUT2D eigenvalue weighted by molar-refractivity contribution is 0.190. The van der Waals surface area contributed by atoms with E-state index in [1.807, 2.05) is 29.8 Å². The van der Waals surface area contributed by atoms with Gasteiger partial charge >= 0.3 is 0 Å². The van der Waals surface area contributed by atoms with Crippen LogP contribution in [0.4, 0.5) is 0 Å². The SMILES string of the molecule is Cc1oc(-c2ccsc2)nc1CN(CCO)CCc1ccccc1. The molecule has 126 valence electrons. The Morgan fingerprint density at radius 3 is 2.71 bits per heavy atom. The first-order valence-corrected chi connectivity index (χ1v) is 9.06. The zero-order valence-corrected chi connectivity index (χ0v) is 14.6. The molecule has 0 spiro atoms. The van der Waals surface area contributed by atoms with Crippen LogP contribution in [-0.2, 0) is 13.0 Å². The van der Waals surface area contributed by atoms with Crippen LogP contribution >= 0.6 is 11.3 Å². The fourth-order valence-corrected chi connectivity index (χ4v) is 3.27. The lowest BCUT2D eigenvalue weighted by Gasteiger charge is -2.20. The molecule has 1 N–H and O–H groups in total. The third-order valence-corrected chi connectivity index (χ3v) is 4.69. The Bertz CT molecular complexity index is 738. The molecule has 1 aromatic carbocycles. The number of aromatic nitrogens is 1. The highest BCUT2D eigenvalue weighted by Gasteiger charge is 2.15. The van der Waals surface area contributed by atoms with Crippen LogP contribution in [0.15, 0.2) is 51.6 Å². The predicted molar refractivity (Wildman–Crippen MR) is 97.1 cm³/mol. The maximum absolute atomic E-state index is 9.35. The first kappa shape index (κ1) is 16.9. The molecule has 0 unspecified atom stereocenters. The minimum atomic E-state index is 0.142. The van der Waals surface area contributed by atoms with Crippen molar-refractivity contribution in [2.45, 2.75) is 19.9 Å². The van der Waals surface area contributed by atoms with Gasteiger partial charge in [0.2, 0.25) is 5.89 Å². The van der Waals surface area contributed by atoms with E-state index in [0.717, 1.165) is 30.0 Å². The number of benzene rings is 1. The van der Waals surface area contributed by atoms with Gasteiger partial charge in [-0.05, 0) is 30.4 Å². The lowest BCUT2D eigenvalue weighted by atomic mass is 10.1. The second kappa shape index (κ2) is 8.24. The highest BCUT2D eigenvalue weighted by Crippen LogP contribution is 2.24. The number of aliphatic hydroxyl groups is 1. The molecular weight excluding hydrogens is 320 g/mol. The number of hydrogen-bond donors (Lipinski definition) is 1. The van der Waals surface area contributed by atoms with E-state index in [0.29, 0.717) is 19.0 Å². The maximum Gasteiger partial charge on any atom is 0.227 e. The van der Waals surface area contributed by atoms with Gasteiger partial charge in [0.05, 0.1) is 12.3 Å². The fraction of sp³-hybridized carbons (Fsp3) is 0.316. The summed E-state index contributed by atoms with van der Waals surface area (Å²) in [4.78, 5) is 6.86. The molecule has 0 fully saturated rings. The van der Waals surface area contributed by atoms with Crippen molar-refractivity contribution in [3.8, 4) is 11.5 Å². The van der Waals surface area contributed by atoms with Crippen molar-refractivity contribution in [3.05, 3.63) is 64.2 Å². The third kappa shape index (κ3) is 4.32. The number of oxazole rings is 1. The molecule has 0 aliphatic carbocycles. The Kier molecular flexibility index (Phi) is 5.80. The van der Waals surface area contributed by atoms with Crippen molar-refractivity contribution in [2.24, 2.45) is 0 Å². The Labute approximate surface area is 146 Å². The number of aliphatic hydroxyl groups excluding tert-OH is 1. The largest absolute Gasteiger partial charge is 0.441 e. The molecule has 0 radical (unpaired) electrons. The van der Waals surface area contributed by atoms with Crippen LogP contribution in [0.5, 0.6) is 0 Å². The summed E-state index contributed by atoms with van der Waals surface area (Å²) in [5.41, 5.74) is 3.27. The van der Waals surface area contributed by atoms with Gasteiger partial charge in [0.15, 0.2) is 0 Å². The summed E-state index contributed by atoms with van der Waals surface area (Å²) in [6, 6.07) is 12.4. The van der Waals surface area contributed by atoms with Crippen molar-refractivity contribution in [1.82, 2.24) is 9.88 Å². The summed E-state index contributed by atoms with van der Waals surface area (Å²) in [5, 5.41) is 13.4. The van der Waals surface area contributed by atoms with Gasteiger partial charge in [-0.15, -0.1) is 0 Å². The van der Waals surface area contributed by atoms with E-state index < -0.39 is 0 Å². The average molecular weight is 342 g/mol. The predicted octanol–water partition coefficient (Wildman–Crippen LogP) is 3.75. The summed E-state index contributed by atoms with van der Waals surface area (Å²) in [6.45, 7) is 4.29. The summed E-state index contributed by atoms with van der Waals surface area (Å²) >= 11 is 1.63. The number of thiophene rings is 1. The number of hydrogen-bond acceptors (Lipinski definition) is 5. The Morgan fingerprint density at radius 1 is 1.17 bits per heavy atom. The van der Waals surface area contributed by atoms with Crippen LogP contribution in [0.1, 0.15) is 17.0 Å². The Balaban J connectivity index is 1.67. The quantitative estimate of drug-likeness (QED) is 0.677. The standard InChI is InChI=1S/C19H22N2O2S/c1-15-18(20-19(23-15)17-8-12-24-14-17)13-21(10-11-22)9-7-16-5-3-2-4-6-16/h2-6,8,12,14,22H,7,9-11,13H2,1H3. The molecule has 0 aliphatic heterocycles. The molecule has 0 amide bonds.